The summed E-state index contributed by atoms with van der Waals surface area (Å²) in [5.74, 6) is -1.59. The van der Waals surface area contributed by atoms with Gasteiger partial charge >= 0.3 is 5.97 Å². The summed E-state index contributed by atoms with van der Waals surface area (Å²) in [6.45, 7) is 1.78. The van der Waals surface area contributed by atoms with Crippen molar-refractivity contribution in [2.75, 3.05) is 6.61 Å². The molecule has 0 bridgehead atoms. The molecule has 0 saturated carbocycles. The number of thiophene rings is 1. The maximum Gasteiger partial charge on any atom is 0.342 e. The highest BCUT2D eigenvalue weighted by molar-refractivity contribution is 7.14. The number of carbonyl (C=O) groups is 1. The van der Waals surface area contributed by atoms with Crippen molar-refractivity contribution < 1.29 is 18.7 Å². The Balaban J connectivity index is 3.00. The third kappa shape index (κ3) is 2.04. The van der Waals surface area contributed by atoms with Gasteiger partial charge in [-0.3, -0.25) is 0 Å². The first-order valence-corrected chi connectivity index (χ1v) is 4.60. The SMILES string of the molecule is CCOC(=O)c1csc(N=C=O)c1F. The number of carbonyl (C=O) groups excluding carboxylic acids is 2. The largest absolute Gasteiger partial charge is 0.462 e. The Morgan fingerprint density at radius 1 is 1.79 bits per heavy atom. The number of aliphatic imine (C=N–C) groups is 1. The molecule has 0 aliphatic carbocycles. The fourth-order valence-electron chi connectivity index (χ4n) is 0.797. The third-order valence-corrected chi connectivity index (χ3v) is 2.20. The van der Waals surface area contributed by atoms with Crippen molar-refractivity contribution in [2.24, 2.45) is 4.99 Å². The number of esters is 1. The van der Waals surface area contributed by atoms with Crippen LogP contribution in [0.2, 0.25) is 0 Å². The maximum atomic E-state index is 13.2. The summed E-state index contributed by atoms with van der Waals surface area (Å²) in [7, 11) is 0. The van der Waals surface area contributed by atoms with Crippen LogP contribution in [0.3, 0.4) is 0 Å². The lowest BCUT2D eigenvalue weighted by atomic mass is 10.3. The van der Waals surface area contributed by atoms with E-state index >= 15 is 0 Å². The predicted molar refractivity (Wildman–Crippen MR) is 48.0 cm³/mol. The molecule has 14 heavy (non-hydrogen) atoms. The van der Waals surface area contributed by atoms with Crippen LogP contribution in [0.4, 0.5) is 9.39 Å². The standard InChI is InChI=1S/C8H6FNO3S/c1-2-13-8(12)5-3-14-7(6(5)9)10-4-11/h3H,2H2,1H3. The second-order valence-corrected chi connectivity index (χ2v) is 3.05. The quantitative estimate of drug-likeness (QED) is 0.440. The first kappa shape index (κ1) is 10.6. The highest BCUT2D eigenvalue weighted by Gasteiger charge is 2.18. The second-order valence-electron chi connectivity index (χ2n) is 2.19. The van der Waals surface area contributed by atoms with Gasteiger partial charge in [0.2, 0.25) is 6.08 Å². The molecule has 0 aliphatic rings. The minimum atomic E-state index is -0.836. The van der Waals surface area contributed by atoms with Crippen LogP contribution < -0.4 is 0 Å². The number of hydrogen-bond donors (Lipinski definition) is 0. The van der Waals surface area contributed by atoms with E-state index in [1.54, 1.807) is 6.92 Å². The molecular formula is C8H6FNO3S. The van der Waals surface area contributed by atoms with Crippen LogP contribution >= 0.6 is 11.3 Å². The monoisotopic (exact) mass is 215 g/mol. The Kier molecular flexibility index (Phi) is 3.50. The van der Waals surface area contributed by atoms with Gasteiger partial charge in [-0.2, -0.15) is 4.99 Å². The molecule has 74 valence electrons. The molecule has 6 heteroatoms. The van der Waals surface area contributed by atoms with Gasteiger partial charge in [-0.25, -0.2) is 14.0 Å². The molecule has 0 atom stereocenters. The van der Waals surface area contributed by atoms with E-state index in [0.717, 1.165) is 11.3 Å². The fraction of sp³-hybridized carbons (Fsp3) is 0.250. The average Bonchev–Trinajstić information content (AvgIpc) is 2.49. The lowest BCUT2D eigenvalue weighted by Gasteiger charge is -1.97. The van der Waals surface area contributed by atoms with Gasteiger partial charge in [0.25, 0.3) is 0 Å². The van der Waals surface area contributed by atoms with E-state index in [9.17, 15) is 14.0 Å². The normalized spacial score (nSPS) is 9.29. The van der Waals surface area contributed by atoms with Gasteiger partial charge < -0.3 is 4.74 Å². The van der Waals surface area contributed by atoms with Crippen LogP contribution in [0.1, 0.15) is 17.3 Å². The molecule has 0 saturated heterocycles. The molecule has 0 aliphatic heterocycles. The summed E-state index contributed by atoms with van der Waals surface area (Å²) < 4.78 is 17.8. The number of isocyanates is 1. The van der Waals surface area contributed by atoms with Crippen molar-refractivity contribution in [3.63, 3.8) is 0 Å². The van der Waals surface area contributed by atoms with E-state index in [2.05, 4.69) is 9.73 Å². The Morgan fingerprint density at radius 2 is 2.50 bits per heavy atom. The van der Waals surface area contributed by atoms with Crippen molar-refractivity contribution >= 4 is 28.4 Å². The molecule has 4 nitrogen and oxygen atoms in total. The first-order chi connectivity index (χ1) is 6.70. The molecule has 1 aromatic rings. The molecule has 0 spiro atoms. The van der Waals surface area contributed by atoms with Gasteiger partial charge in [-0.05, 0) is 6.92 Å². The first-order valence-electron chi connectivity index (χ1n) is 3.72. The Hall–Kier alpha value is -1.52. The third-order valence-electron chi connectivity index (χ3n) is 1.36. The molecule has 1 rings (SSSR count). The number of rotatable bonds is 3. The van der Waals surface area contributed by atoms with Gasteiger partial charge in [0.15, 0.2) is 10.8 Å². The molecule has 0 radical (unpaired) electrons. The van der Waals surface area contributed by atoms with Crippen LogP contribution in [0, 0.1) is 5.82 Å². The van der Waals surface area contributed by atoms with Gasteiger partial charge in [-0.15, -0.1) is 11.3 Å². The lowest BCUT2D eigenvalue weighted by molar-refractivity contribution is 0.0522. The zero-order valence-corrected chi connectivity index (χ0v) is 8.06. The van der Waals surface area contributed by atoms with E-state index in [1.165, 1.54) is 11.5 Å². The summed E-state index contributed by atoms with van der Waals surface area (Å²) in [4.78, 5) is 24.1. The molecule has 0 amide bonds. The number of halogens is 1. The summed E-state index contributed by atoms with van der Waals surface area (Å²) in [5, 5.41) is 1.09. The minimum absolute atomic E-state index is 0.164. The zero-order valence-electron chi connectivity index (χ0n) is 7.24. The molecule has 0 fully saturated rings. The zero-order chi connectivity index (χ0) is 10.6. The molecule has 0 N–H and O–H groups in total. The van der Waals surface area contributed by atoms with Gasteiger partial charge in [0.1, 0.15) is 5.56 Å². The van der Waals surface area contributed by atoms with Crippen molar-refractivity contribution in [1.82, 2.24) is 0 Å². The molecule has 1 heterocycles. The second kappa shape index (κ2) is 4.64. The average molecular weight is 215 g/mol. The van der Waals surface area contributed by atoms with E-state index < -0.39 is 11.8 Å². The van der Waals surface area contributed by atoms with Crippen LogP contribution in [-0.4, -0.2) is 18.7 Å². The topological polar surface area (TPSA) is 55.7 Å². The fourth-order valence-corrected chi connectivity index (χ4v) is 1.53. The highest BCUT2D eigenvalue weighted by Crippen LogP contribution is 2.29. The minimum Gasteiger partial charge on any atom is -0.462 e. The predicted octanol–water partition coefficient (Wildman–Crippen LogP) is 2.03. The van der Waals surface area contributed by atoms with Gasteiger partial charge in [0.05, 0.1) is 6.61 Å². The molecular weight excluding hydrogens is 209 g/mol. The van der Waals surface area contributed by atoms with Crippen LogP contribution in [0.5, 0.6) is 0 Å². The summed E-state index contributed by atoms with van der Waals surface area (Å²) >= 11 is 0.850. The van der Waals surface area contributed by atoms with Crippen molar-refractivity contribution in [1.29, 1.82) is 0 Å². The van der Waals surface area contributed by atoms with Crippen molar-refractivity contribution in [3.8, 4) is 0 Å². The lowest BCUT2D eigenvalue weighted by Crippen LogP contribution is -2.04. The summed E-state index contributed by atoms with van der Waals surface area (Å²) in [6.07, 6.45) is 1.20. The van der Waals surface area contributed by atoms with Gasteiger partial charge in [-0.1, -0.05) is 0 Å². The molecule has 0 aromatic carbocycles. The van der Waals surface area contributed by atoms with Crippen LogP contribution in [-0.2, 0) is 9.53 Å². The summed E-state index contributed by atoms with van der Waals surface area (Å²) in [6, 6.07) is 0. The Labute approximate surface area is 83.0 Å². The van der Waals surface area contributed by atoms with E-state index in [4.69, 9.17) is 0 Å². The van der Waals surface area contributed by atoms with Crippen molar-refractivity contribution in [3.05, 3.63) is 16.8 Å². The Bertz CT molecular complexity index is 395. The van der Waals surface area contributed by atoms with Gasteiger partial charge in [0, 0.05) is 5.38 Å². The highest BCUT2D eigenvalue weighted by atomic mass is 32.1. The smallest absolute Gasteiger partial charge is 0.342 e. The molecule has 0 unspecified atom stereocenters. The van der Waals surface area contributed by atoms with Crippen molar-refractivity contribution in [2.45, 2.75) is 6.92 Å². The maximum absolute atomic E-state index is 13.2. The van der Waals surface area contributed by atoms with Crippen LogP contribution in [0.25, 0.3) is 0 Å². The summed E-state index contributed by atoms with van der Waals surface area (Å²) in [5.41, 5.74) is -0.203. The van der Waals surface area contributed by atoms with Crippen LogP contribution in [0.15, 0.2) is 10.4 Å². The van der Waals surface area contributed by atoms with E-state index in [1.807, 2.05) is 0 Å². The number of ether oxygens (including phenoxy) is 1. The number of nitrogens with zero attached hydrogens (tertiary/aromatic N) is 1. The van der Waals surface area contributed by atoms with E-state index in [0.29, 0.717) is 0 Å². The number of hydrogen-bond acceptors (Lipinski definition) is 5. The Morgan fingerprint density at radius 3 is 3.07 bits per heavy atom. The molecule has 1 aromatic heterocycles. The van der Waals surface area contributed by atoms with E-state index in [-0.39, 0.29) is 17.2 Å².